The molecule has 0 bridgehead atoms. The van der Waals surface area contributed by atoms with E-state index in [0.717, 1.165) is 42.9 Å². The Kier molecular flexibility index (Phi) is 4.54. The average Bonchev–Trinajstić information content (AvgIpc) is 3.01. The van der Waals surface area contributed by atoms with E-state index in [0.29, 0.717) is 5.69 Å². The lowest BCUT2D eigenvalue weighted by molar-refractivity contribution is 0.0616. The molecular formula is C15H21BrN6O. The standard InChI is InChI=1S/C15H21BrN6O/c1-11-12(9-19(2)18-11)10-21-4-6-22(7-5-21)15(23)14-13(16)8-17-20(14)3/h8-9H,4-7,10H2,1-3H3. The highest BCUT2D eigenvalue weighted by Crippen LogP contribution is 2.19. The Hall–Kier alpha value is -1.67. The summed E-state index contributed by atoms with van der Waals surface area (Å²) in [4.78, 5) is 16.9. The van der Waals surface area contributed by atoms with Crippen molar-refractivity contribution in [1.82, 2.24) is 29.4 Å². The van der Waals surface area contributed by atoms with Crippen molar-refractivity contribution in [1.29, 1.82) is 0 Å². The number of halogens is 1. The lowest BCUT2D eigenvalue weighted by atomic mass is 10.2. The zero-order valence-electron chi connectivity index (χ0n) is 13.7. The van der Waals surface area contributed by atoms with Gasteiger partial charge in [-0.05, 0) is 22.9 Å². The van der Waals surface area contributed by atoms with Gasteiger partial charge in [-0.3, -0.25) is 19.1 Å². The first kappa shape index (κ1) is 16.2. The highest BCUT2D eigenvalue weighted by Gasteiger charge is 2.26. The second kappa shape index (κ2) is 6.45. The number of carbonyl (C=O) groups excluding carboxylic acids is 1. The molecule has 1 saturated heterocycles. The van der Waals surface area contributed by atoms with Crippen molar-refractivity contribution in [3.05, 3.63) is 33.8 Å². The molecule has 1 aliphatic rings. The molecule has 0 atom stereocenters. The van der Waals surface area contributed by atoms with Gasteiger partial charge in [0.05, 0.1) is 16.4 Å². The van der Waals surface area contributed by atoms with E-state index in [2.05, 4.69) is 37.2 Å². The summed E-state index contributed by atoms with van der Waals surface area (Å²) in [7, 11) is 3.73. The second-order valence-electron chi connectivity index (χ2n) is 5.95. The molecule has 0 aliphatic carbocycles. The molecule has 2 aromatic heterocycles. The van der Waals surface area contributed by atoms with Crippen LogP contribution in [0.2, 0.25) is 0 Å². The number of rotatable bonds is 3. The summed E-state index contributed by atoms with van der Waals surface area (Å²) in [5.41, 5.74) is 2.94. The third-order valence-corrected chi connectivity index (χ3v) is 4.85. The predicted octanol–water partition coefficient (Wildman–Crippen LogP) is 1.18. The van der Waals surface area contributed by atoms with Crippen LogP contribution in [0.5, 0.6) is 0 Å². The molecule has 3 heterocycles. The maximum atomic E-state index is 12.6. The highest BCUT2D eigenvalue weighted by atomic mass is 79.9. The number of carbonyl (C=O) groups is 1. The van der Waals surface area contributed by atoms with Crippen molar-refractivity contribution >= 4 is 21.8 Å². The van der Waals surface area contributed by atoms with Crippen LogP contribution >= 0.6 is 15.9 Å². The number of amides is 1. The summed E-state index contributed by atoms with van der Waals surface area (Å²) in [6, 6.07) is 0. The van der Waals surface area contributed by atoms with Gasteiger partial charge in [0, 0.05) is 58.6 Å². The van der Waals surface area contributed by atoms with E-state index in [4.69, 9.17) is 0 Å². The van der Waals surface area contributed by atoms with Gasteiger partial charge in [0.1, 0.15) is 5.69 Å². The molecule has 0 saturated carbocycles. The van der Waals surface area contributed by atoms with Crippen molar-refractivity contribution in [2.45, 2.75) is 13.5 Å². The van der Waals surface area contributed by atoms with E-state index in [1.807, 2.05) is 23.6 Å². The first-order valence-electron chi connectivity index (χ1n) is 7.64. The Morgan fingerprint density at radius 2 is 1.96 bits per heavy atom. The van der Waals surface area contributed by atoms with Gasteiger partial charge in [-0.1, -0.05) is 0 Å². The molecule has 0 aromatic carbocycles. The first-order valence-corrected chi connectivity index (χ1v) is 8.43. The smallest absolute Gasteiger partial charge is 0.273 e. The Bertz CT molecular complexity index is 694. The molecule has 2 aromatic rings. The van der Waals surface area contributed by atoms with Crippen LogP contribution in [0.4, 0.5) is 0 Å². The summed E-state index contributed by atoms with van der Waals surface area (Å²) >= 11 is 3.40. The SMILES string of the molecule is Cc1nn(C)cc1CN1CCN(C(=O)c2c(Br)cnn2C)CC1. The fourth-order valence-electron chi connectivity index (χ4n) is 2.95. The van der Waals surface area contributed by atoms with Gasteiger partial charge in [0.15, 0.2) is 0 Å². The maximum absolute atomic E-state index is 12.6. The monoisotopic (exact) mass is 380 g/mol. The van der Waals surface area contributed by atoms with Crippen LogP contribution < -0.4 is 0 Å². The number of nitrogens with zero attached hydrogens (tertiary/aromatic N) is 6. The number of hydrogen-bond acceptors (Lipinski definition) is 4. The minimum absolute atomic E-state index is 0.0362. The Labute approximate surface area is 144 Å². The van der Waals surface area contributed by atoms with E-state index in [1.165, 1.54) is 5.56 Å². The topological polar surface area (TPSA) is 59.2 Å². The largest absolute Gasteiger partial charge is 0.335 e. The summed E-state index contributed by atoms with van der Waals surface area (Å²) in [6.07, 6.45) is 3.73. The van der Waals surface area contributed by atoms with Gasteiger partial charge in [0.2, 0.25) is 0 Å². The molecule has 1 fully saturated rings. The van der Waals surface area contributed by atoms with Gasteiger partial charge >= 0.3 is 0 Å². The number of piperazine rings is 1. The maximum Gasteiger partial charge on any atom is 0.273 e. The van der Waals surface area contributed by atoms with Crippen LogP contribution in [-0.4, -0.2) is 61.4 Å². The number of aromatic nitrogens is 4. The van der Waals surface area contributed by atoms with E-state index in [1.54, 1.807) is 17.9 Å². The molecule has 1 amide bonds. The van der Waals surface area contributed by atoms with E-state index >= 15 is 0 Å². The molecule has 23 heavy (non-hydrogen) atoms. The fraction of sp³-hybridized carbons (Fsp3) is 0.533. The van der Waals surface area contributed by atoms with E-state index in [-0.39, 0.29) is 5.91 Å². The zero-order valence-corrected chi connectivity index (χ0v) is 15.2. The third kappa shape index (κ3) is 3.32. The summed E-state index contributed by atoms with van der Waals surface area (Å²) < 4.78 is 4.22. The van der Waals surface area contributed by atoms with Crippen LogP contribution in [0.1, 0.15) is 21.7 Å². The fourth-order valence-corrected chi connectivity index (χ4v) is 3.47. The van der Waals surface area contributed by atoms with Gasteiger partial charge in [0.25, 0.3) is 5.91 Å². The molecule has 124 valence electrons. The molecule has 0 unspecified atom stereocenters. The predicted molar refractivity (Wildman–Crippen MR) is 90.0 cm³/mol. The van der Waals surface area contributed by atoms with Crippen molar-refractivity contribution in [3.63, 3.8) is 0 Å². The normalized spacial score (nSPS) is 16.1. The lowest BCUT2D eigenvalue weighted by Crippen LogP contribution is -2.48. The van der Waals surface area contributed by atoms with Gasteiger partial charge in [-0.15, -0.1) is 0 Å². The highest BCUT2D eigenvalue weighted by molar-refractivity contribution is 9.10. The summed E-state index contributed by atoms with van der Waals surface area (Å²) in [5.74, 6) is 0.0362. The summed E-state index contributed by atoms with van der Waals surface area (Å²) in [6.45, 7) is 6.13. The van der Waals surface area contributed by atoms with Gasteiger partial charge < -0.3 is 4.90 Å². The van der Waals surface area contributed by atoms with E-state index in [9.17, 15) is 4.79 Å². The second-order valence-corrected chi connectivity index (χ2v) is 6.80. The van der Waals surface area contributed by atoms with Gasteiger partial charge in [-0.2, -0.15) is 10.2 Å². The molecular weight excluding hydrogens is 360 g/mol. The Balaban J connectivity index is 1.60. The van der Waals surface area contributed by atoms with Crippen molar-refractivity contribution in [3.8, 4) is 0 Å². The molecule has 7 nitrogen and oxygen atoms in total. The lowest BCUT2D eigenvalue weighted by Gasteiger charge is -2.34. The molecule has 1 aliphatic heterocycles. The summed E-state index contributed by atoms with van der Waals surface area (Å²) in [5, 5.41) is 8.50. The van der Waals surface area contributed by atoms with Crippen LogP contribution in [-0.2, 0) is 20.6 Å². The molecule has 0 N–H and O–H groups in total. The van der Waals surface area contributed by atoms with Crippen molar-refractivity contribution in [2.75, 3.05) is 26.2 Å². The number of aryl methyl sites for hydroxylation is 3. The Morgan fingerprint density at radius 3 is 2.48 bits per heavy atom. The van der Waals surface area contributed by atoms with E-state index < -0.39 is 0 Å². The van der Waals surface area contributed by atoms with Crippen molar-refractivity contribution < 1.29 is 4.79 Å². The zero-order chi connectivity index (χ0) is 16.6. The molecule has 3 rings (SSSR count). The van der Waals surface area contributed by atoms with Crippen molar-refractivity contribution in [2.24, 2.45) is 14.1 Å². The minimum atomic E-state index is 0.0362. The van der Waals surface area contributed by atoms with Crippen LogP contribution in [0, 0.1) is 6.92 Å². The van der Waals surface area contributed by atoms with Crippen LogP contribution in [0.3, 0.4) is 0 Å². The average molecular weight is 381 g/mol. The van der Waals surface area contributed by atoms with Gasteiger partial charge in [-0.25, -0.2) is 0 Å². The molecule has 8 heteroatoms. The number of hydrogen-bond donors (Lipinski definition) is 0. The Morgan fingerprint density at radius 1 is 1.26 bits per heavy atom. The quantitative estimate of drug-likeness (QED) is 0.802. The minimum Gasteiger partial charge on any atom is -0.335 e. The van der Waals surface area contributed by atoms with Crippen LogP contribution in [0.25, 0.3) is 0 Å². The van der Waals surface area contributed by atoms with Crippen LogP contribution in [0.15, 0.2) is 16.9 Å². The molecule has 0 radical (unpaired) electrons. The molecule has 0 spiro atoms. The third-order valence-electron chi connectivity index (χ3n) is 4.27. The first-order chi connectivity index (χ1) is 11.0.